The van der Waals surface area contributed by atoms with E-state index in [2.05, 4.69) is 25.8 Å². The molecular weight excluding hydrogens is 246 g/mol. The molecule has 0 atom stereocenters. The van der Waals surface area contributed by atoms with Crippen molar-refractivity contribution in [1.29, 1.82) is 0 Å². The van der Waals surface area contributed by atoms with Gasteiger partial charge in [0, 0.05) is 19.8 Å². The number of ether oxygens (including phenoxy) is 1. The second-order valence-corrected chi connectivity index (χ2v) is 3.95. The maximum Gasteiger partial charge on any atom is 0.205 e. The van der Waals surface area contributed by atoms with E-state index < -0.39 is 0 Å². The number of nitrogens with two attached hydrogens (primary N) is 1. The van der Waals surface area contributed by atoms with Crippen LogP contribution in [0.4, 0.5) is 11.6 Å². The molecule has 0 aliphatic heterocycles. The number of nitrogens with zero attached hydrogens (tertiary/aromatic N) is 4. The summed E-state index contributed by atoms with van der Waals surface area (Å²) in [5.41, 5.74) is 3.62. The van der Waals surface area contributed by atoms with Crippen molar-refractivity contribution in [2.75, 3.05) is 24.4 Å². The van der Waals surface area contributed by atoms with Crippen molar-refractivity contribution >= 4 is 11.6 Å². The van der Waals surface area contributed by atoms with Gasteiger partial charge < -0.3 is 15.5 Å². The van der Waals surface area contributed by atoms with Crippen LogP contribution in [0.2, 0.25) is 0 Å². The van der Waals surface area contributed by atoms with E-state index in [1.807, 2.05) is 19.4 Å². The molecule has 0 aromatic carbocycles. The van der Waals surface area contributed by atoms with E-state index in [1.54, 1.807) is 11.8 Å². The molecule has 2 heterocycles. The summed E-state index contributed by atoms with van der Waals surface area (Å²) in [7, 11) is 3.44. The quantitative estimate of drug-likeness (QED) is 0.504. The summed E-state index contributed by atoms with van der Waals surface area (Å²) in [5.74, 6) is 6.91. The van der Waals surface area contributed by atoms with E-state index in [9.17, 15) is 0 Å². The molecule has 8 nitrogen and oxygen atoms in total. The zero-order chi connectivity index (χ0) is 13.7. The van der Waals surface area contributed by atoms with Gasteiger partial charge in [-0.2, -0.15) is 5.10 Å². The Morgan fingerprint density at radius 1 is 1.37 bits per heavy atom. The molecule has 2 aromatic heterocycles. The first-order chi connectivity index (χ1) is 9.24. The van der Waals surface area contributed by atoms with Crippen molar-refractivity contribution in [2.24, 2.45) is 12.9 Å². The van der Waals surface area contributed by atoms with Gasteiger partial charge in [-0.15, -0.1) is 0 Å². The molecule has 0 bridgehead atoms. The molecule has 0 fully saturated rings. The largest absolute Gasteiger partial charge is 0.490 e. The average Bonchev–Trinajstić information content (AvgIpc) is 2.84. The highest BCUT2D eigenvalue weighted by molar-refractivity contribution is 5.62. The Balaban J connectivity index is 1.99. The number of hydrazine groups is 1. The van der Waals surface area contributed by atoms with Crippen molar-refractivity contribution < 1.29 is 4.74 Å². The highest BCUT2D eigenvalue weighted by Crippen LogP contribution is 2.27. The van der Waals surface area contributed by atoms with Crippen LogP contribution in [0.5, 0.6) is 5.75 Å². The Morgan fingerprint density at radius 2 is 2.16 bits per heavy atom. The van der Waals surface area contributed by atoms with Crippen LogP contribution in [-0.4, -0.2) is 33.4 Å². The van der Waals surface area contributed by atoms with Gasteiger partial charge in [0.2, 0.25) is 5.75 Å². The van der Waals surface area contributed by atoms with E-state index in [0.29, 0.717) is 23.9 Å². The first kappa shape index (κ1) is 13.1. The summed E-state index contributed by atoms with van der Waals surface area (Å²) in [6, 6.07) is 0. The third-order valence-corrected chi connectivity index (χ3v) is 2.61. The lowest BCUT2D eigenvalue weighted by Gasteiger charge is -2.12. The van der Waals surface area contributed by atoms with Crippen molar-refractivity contribution in [2.45, 2.75) is 6.42 Å². The maximum atomic E-state index is 5.36. The summed E-state index contributed by atoms with van der Waals surface area (Å²) >= 11 is 0. The summed E-state index contributed by atoms with van der Waals surface area (Å²) < 4.78 is 7.00. The minimum absolute atomic E-state index is 0.446. The number of aryl methyl sites for hydroxylation is 1. The van der Waals surface area contributed by atoms with Crippen molar-refractivity contribution in [3.63, 3.8) is 0 Å². The second kappa shape index (κ2) is 6.01. The summed E-state index contributed by atoms with van der Waals surface area (Å²) in [6.07, 6.45) is 6.08. The predicted octanol–water partition coefficient (Wildman–Crippen LogP) is 0.159. The molecule has 4 N–H and O–H groups in total. The lowest BCUT2D eigenvalue weighted by molar-refractivity contribution is 0.414. The molecule has 2 rings (SSSR count). The highest BCUT2D eigenvalue weighted by Gasteiger charge is 2.10. The van der Waals surface area contributed by atoms with Crippen LogP contribution in [0.15, 0.2) is 18.7 Å². The van der Waals surface area contributed by atoms with E-state index in [4.69, 9.17) is 10.6 Å². The Bertz CT molecular complexity index is 540. The Hall–Kier alpha value is -2.35. The zero-order valence-electron chi connectivity index (χ0n) is 10.9. The molecule has 0 radical (unpaired) electrons. The number of nitrogen functional groups attached to an aromatic ring is 1. The first-order valence-electron chi connectivity index (χ1n) is 5.81. The maximum absolute atomic E-state index is 5.36. The molecule has 8 heteroatoms. The number of aromatic nitrogens is 4. The Labute approximate surface area is 111 Å². The van der Waals surface area contributed by atoms with Crippen LogP contribution in [0, 0.1) is 0 Å². The van der Waals surface area contributed by atoms with Crippen molar-refractivity contribution in [3.05, 3.63) is 24.3 Å². The number of rotatable bonds is 6. The average molecular weight is 263 g/mol. The normalized spacial score (nSPS) is 10.3. The van der Waals surface area contributed by atoms with Gasteiger partial charge in [0.15, 0.2) is 11.6 Å². The summed E-state index contributed by atoms with van der Waals surface area (Å²) in [4.78, 5) is 8.10. The molecule has 0 amide bonds. The second-order valence-electron chi connectivity index (χ2n) is 3.95. The van der Waals surface area contributed by atoms with Gasteiger partial charge in [0.1, 0.15) is 6.33 Å². The minimum Gasteiger partial charge on any atom is -0.490 e. The SMILES string of the molecule is COc1c(NN)ncnc1NCCc1cnn(C)c1. The van der Waals surface area contributed by atoms with Crippen LogP contribution in [0.1, 0.15) is 5.56 Å². The van der Waals surface area contributed by atoms with Crippen molar-refractivity contribution in [3.8, 4) is 5.75 Å². The number of hydrogen-bond donors (Lipinski definition) is 3. The van der Waals surface area contributed by atoms with E-state index in [1.165, 1.54) is 6.33 Å². The third kappa shape index (κ3) is 3.10. The Kier molecular flexibility index (Phi) is 4.14. The van der Waals surface area contributed by atoms with Gasteiger partial charge in [-0.1, -0.05) is 0 Å². The minimum atomic E-state index is 0.446. The topological polar surface area (TPSA) is 103 Å². The highest BCUT2D eigenvalue weighted by atomic mass is 16.5. The molecule has 0 saturated carbocycles. The molecule has 0 aliphatic carbocycles. The van der Waals surface area contributed by atoms with Gasteiger partial charge in [0.05, 0.1) is 13.3 Å². The smallest absolute Gasteiger partial charge is 0.205 e. The molecular formula is C11H17N7O. The fraction of sp³-hybridized carbons (Fsp3) is 0.364. The standard InChI is InChI=1S/C11H17N7O/c1-18-6-8(5-16-18)3-4-13-10-9(19-2)11(17-12)15-7-14-10/h5-7H,3-4,12H2,1-2H3,(H2,13,14,15,17). The lowest BCUT2D eigenvalue weighted by Crippen LogP contribution is -2.13. The molecule has 0 saturated heterocycles. The fourth-order valence-corrected chi connectivity index (χ4v) is 1.72. The lowest BCUT2D eigenvalue weighted by atomic mass is 10.2. The molecule has 19 heavy (non-hydrogen) atoms. The molecule has 102 valence electrons. The van der Waals surface area contributed by atoms with Crippen LogP contribution in [0.3, 0.4) is 0 Å². The Morgan fingerprint density at radius 3 is 2.79 bits per heavy atom. The first-order valence-corrected chi connectivity index (χ1v) is 5.81. The number of hydrogen-bond acceptors (Lipinski definition) is 7. The van der Waals surface area contributed by atoms with Gasteiger partial charge in [-0.25, -0.2) is 15.8 Å². The molecule has 0 unspecified atom stereocenters. The number of methoxy groups -OCH3 is 1. The van der Waals surface area contributed by atoms with E-state index in [-0.39, 0.29) is 0 Å². The monoisotopic (exact) mass is 263 g/mol. The molecule has 0 spiro atoms. The van der Waals surface area contributed by atoms with Gasteiger partial charge in [0.25, 0.3) is 0 Å². The molecule has 0 aliphatic rings. The van der Waals surface area contributed by atoms with Gasteiger partial charge in [-0.05, 0) is 12.0 Å². The van der Waals surface area contributed by atoms with Gasteiger partial charge >= 0.3 is 0 Å². The molecule has 2 aromatic rings. The summed E-state index contributed by atoms with van der Waals surface area (Å²) in [5, 5.41) is 7.30. The van der Waals surface area contributed by atoms with Crippen LogP contribution >= 0.6 is 0 Å². The number of nitrogens with one attached hydrogen (secondary N) is 2. The van der Waals surface area contributed by atoms with Crippen LogP contribution < -0.4 is 21.3 Å². The van der Waals surface area contributed by atoms with E-state index in [0.717, 1.165) is 12.0 Å². The zero-order valence-corrected chi connectivity index (χ0v) is 10.9. The fourth-order valence-electron chi connectivity index (χ4n) is 1.72. The number of anilines is 2. The third-order valence-electron chi connectivity index (χ3n) is 2.61. The van der Waals surface area contributed by atoms with E-state index >= 15 is 0 Å². The van der Waals surface area contributed by atoms with Crippen LogP contribution in [-0.2, 0) is 13.5 Å². The van der Waals surface area contributed by atoms with Crippen LogP contribution in [0.25, 0.3) is 0 Å². The summed E-state index contributed by atoms with van der Waals surface area (Å²) in [6.45, 7) is 0.711. The van der Waals surface area contributed by atoms with Gasteiger partial charge in [-0.3, -0.25) is 4.68 Å². The van der Waals surface area contributed by atoms with Crippen molar-refractivity contribution in [1.82, 2.24) is 19.7 Å². The predicted molar refractivity (Wildman–Crippen MR) is 71.8 cm³/mol.